The van der Waals surface area contributed by atoms with Crippen LogP contribution in [-0.4, -0.2) is 27.8 Å². The smallest absolute Gasteiger partial charge is 0.342 e. The molecule has 5 N–H and O–H groups in total. The number of hydrogen-bond acceptors (Lipinski definition) is 5. The van der Waals surface area contributed by atoms with Crippen LogP contribution in [0.1, 0.15) is 12.8 Å². The topological polar surface area (TPSA) is 117 Å². The normalized spacial score (nSPS) is 24.6. The van der Waals surface area contributed by atoms with E-state index in [2.05, 4.69) is 20.5 Å². The third-order valence-corrected chi connectivity index (χ3v) is 2.54. The molecular formula is C8H13N5O2. The number of aromatic nitrogens is 3. The minimum absolute atomic E-state index is 0.148. The Hall–Kier alpha value is -1.63. The van der Waals surface area contributed by atoms with Crippen molar-refractivity contribution < 1.29 is 0 Å². The van der Waals surface area contributed by atoms with Crippen molar-refractivity contribution in [2.75, 3.05) is 11.9 Å². The van der Waals surface area contributed by atoms with Crippen molar-refractivity contribution in [1.82, 2.24) is 15.2 Å². The van der Waals surface area contributed by atoms with Gasteiger partial charge >= 0.3 is 5.69 Å². The third kappa shape index (κ3) is 2.24. The molecule has 1 heterocycles. The predicted molar refractivity (Wildman–Crippen MR) is 54.7 cm³/mol. The molecule has 0 spiro atoms. The Balaban J connectivity index is 1.94. The first-order valence-electron chi connectivity index (χ1n) is 4.83. The molecule has 0 unspecified atom stereocenters. The van der Waals surface area contributed by atoms with Crippen molar-refractivity contribution in [3.05, 3.63) is 20.8 Å². The predicted octanol–water partition coefficient (Wildman–Crippen LogP) is -1.39. The molecular weight excluding hydrogens is 198 g/mol. The van der Waals surface area contributed by atoms with Crippen molar-refractivity contribution in [1.29, 1.82) is 0 Å². The molecule has 7 nitrogen and oxygen atoms in total. The Bertz CT molecular complexity index is 445. The molecule has 1 aliphatic carbocycles. The first-order chi connectivity index (χ1) is 7.15. The number of aromatic amines is 2. The van der Waals surface area contributed by atoms with Gasteiger partial charge in [0.05, 0.1) is 0 Å². The molecule has 7 heteroatoms. The Labute approximate surface area is 85.1 Å². The molecule has 0 aromatic carbocycles. The lowest BCUT2D eigenvalue weighted by Crippen LogP contribution is -2.40. The van der Waals surface area contributed by atoms with E-state index in [0.29, 0.717) is 18.5 Å². The van der Waals surface area contributed by atoms with Crippen LogP contribution in [0.25, 0.3) is 0 Å². The summed E-state index contributed by atoms with van der Waals surface area (Å²) in [6.07, 6.45) is 1.93. The Morgan fingerprint density at radius 3 is 2.80 bits per heavy atom. The highest BCUT2D eigenvalue weighted by atomic mass is 16.2. The highest BCUT2D eigenvalue weighted by Crippen LogP contribution is 2.24. The number of nitrogens with one attached hydrogen (secondary N) is 3. The number of anilines is 1. The van der Waals surface area contributed by atoms with Crippen molar-refractivity contribution in [2.24, 2.45) is 11.7 Å². The third-order valence-electron chi connectivity index (χ3n) is 2.54. The summed E-state index contributed by atoms with van der Waals surface area (Å²) in [6.45, 7) is 0.663. The van der Waals surface area contributed by atoms with Gasteiger partial charge in [0, 0.05) is 12.6 Å². The highest BCUT2D eigenvalue weighted by molar-refractivity contribution is 5.28. The lowest BCUT2D eigenvalue weighted by Gasteiger charge is -2.32. The second-order valence-electron chi connectivity index (χ2n) is 3.83. The molecule has 0 bridgehead atoms. The minimum Gasteiger partial charge on any atom is -0.364 e. The van der Waals surface area contributed by atoms with Gasteiger partial charge in [-0.1, -0.05) is 0 Å². The van der Waals surface area contributed by atoms with E-state index in [1.165, 1.54) is 0 Å². The summed E-state index contributed by atoms with van der Waals surface area (Å²) in [5, 5.41) is 8.65. The van der Waals surface area contributed by atoms with Crippen LogP contribution in [0, 0.1) is 5.92 Å². The van der Waals surface area contributed by atoms with Crippen molar-refractivity contribution in [2.45, 2.75) is 18.9 Å². The number of hydrogen-bond donors (Lipinski definition) is 4. The van der Waals surface area contributed by atoms with E-state index in [0.717, 1.165) is 12.8 Å². The quantitative estimate of drug-likeness (QED) is 0.491. The molecule has 0 saturated heterocycles. The average molecular weight is 211 g/mol. The molecule has 15 heavy (non-hydrogen) atoms. The van der Waals surface area contributed by atoms with Gasteiger partial charge in [-0.15, -0.1) is 5.10 Å². The summed E-state index contributed by atoms with van der Waals surface area (Å²) in [7, 11) is 0. The fourth-order valence-electron chi connectivity index (χ4n) is 1.66. The van der Waals surface area contributed by atoms with Crippen LogP contribution in [0.3, 0.4) is 0 Å². The van der Waals surface area contributed by atoms with Crippen molar-refractivity contribution >= 4 is 5.82 Å². The number of nitrogens with two attached hydrogens (primary N) is 1. The van der Waals surface area contributed by atoms with Crippen molar-refractivity contribution in [3.63, 3.8) is 0 Å². The molecule has 1 aromatic heterocycles. The lowest BCUT2D eigenvalue weighted by molar-refractivity contribution is 0.280. The highest BCUT2D eigenvalue weighted by Gasteiger charge is 2.25. The molecule has 1 saturated carbocycles. The Kier molecular flexibility index (Phi) is 2.55. The molecule has 0 atom stereocenters. The first kappa shape index (κ1) is 9.91. The molecule has 82 valence electrons. The Morgan fingerprint density at radius 1 is 1.47 bits per heavy atom. The van der Waals surface area contributed by atoms with E-state index >= 15 is 0 Å². The summed E-state index contributed by atoms with van der Waals surface area (Å²) >= 11 is 0. The zero-order chi connectivity index (χ0) is 10.8. The van der Waals surface area contributed by atoms with Crippen LogP contribution < -0.4 is 22.3 Å². The summed E-state index contributed by atoms with van der Waals surface area (Å²) in [4.78, 5) is 24.0. The second-order valence-corrected chi connectivity index (χ2v) is 3.83. The number of H-pyrrole nitrogens is 2. The van der Waals surface area contributed by atoms with Gasteiger partial charge in [-0.25, -0.2) is 9.89 Å². The standard InChI is InChI=1S/C8H13N5O2/c9-5-1-4(2-5)3-10-6-7(14)11-8(15)13-12-6/h4-5H,1-3,9H2,(H,10,12)(H2,11,13,14,15). The summed E-state index contributed by atoms with van der Waals surface area (Å²) in [5.74, 6) is 0.642. The lowest BCUT2D eigenvalue weighted by atomic mass is 9.81. The summed E-state index contributed by atoms with van der Waals surface area (Å²) in [5.41, 5.74) is 4.53. The van der Waals surface area contributed by atoms with Crippen LogP contribution in [-0.2, 0) is 0 Å². The Morgan fingerprint density at radius 2 is 2.20 bits per heavy atom. The minimum atomic E-state index is -0.601. The maximum absolute atomic E-state index is 11.2. The van der Waals surface area contributed by atoms with Gasteiger partial charge in [0.2, 0.25) is 5.82 Å². The van der Waals surface area contributed by atoms with E-state index in [-0.39, 0.29) is 5.82 Å². The maximum Gasteiger partial charge on any atom is 0.342 e. The number of nitrogens with zero attached hydrogens (tertiary/aromatic N) is 1. The van der Waals surface area contributed by atoms with Crippen molar-refractivity contribution in [3.8, 4) is 0 Å². The fourth-order valence-corrected chi connectivity index (χ4v) is 1.66. The first-order valence-corrected chi connectivity index (χ1v) is 4.83. The van der Waals surface area contributed by atoms with Gasteiger partial charge < -0.3 is 11.1 Å². The van der Waals surface area contributed by atoms with Gasteiger partial charge in [0.1, 0.15) is 0 Å². The molecule has 2 rings (SSSR count). The van der Waals surface area contributed by atoms with E-state index in [4.69, 9.17) is 5.73 Å². The molecule has 1 fully saturated rings. The van der Waals surface area contributed by atoms with Crippen LogP contribution in [0.15, 0.2) is 9.59 Å². The second kappa shape index (κ2) is 3.85. The largest absolute Gasteiger partial charge is 0.364 e. The summed E-state index contributed by atoms with van der Waals surface area (Å²) < 4.78 is 0. The van der Waals surface area contributed by atoms with Gasteiger partial charge in [-0.2, -0.15) is 0 Å². The SMILES string of the molecule is NC1CC(CNc2n[nH]c(=O)[nH]c2=O)C1. The number of rotatable bonds is 3. The summed E-state index contributed by atoms with van der Waals surface area (Å²) in [6, 6.07) is 0.290. The van der Waals surface area contributed by atoms with E-state index in [9.17, 15) is 9.59 Å². The van der Waals surface area contributed by atoms with E-state index in [1.54, 1.807) is 0 Å². The monoisotopic (exact) mass is 211 g/mol. The van der Waals surface area contributed by atoms with E-state index < -0.39 is 11.2 Å². The van der Waals surface area contributed by atoms with Crippen LogP contribution in [0.2, 0.25) is 0 Å². The molecule has 0 aliphatic heterocycles. The van der Waals surface area contributed by atoms with Gasteiger partial charge in [0.25, 0.3) is 5.56 Å². The zero-order valence-corrected chi connectivity index (χ0v) is 8.12. The fraction of sp³-hybridized carbons (Fsp3) is 0.625. The maximum atomic E-state index is 11.2. The van der Waals surface area contributed by atoms with Gasteiger partial charge in [-0.05, 0) is 18.8 Å². The van der Waals surface area contributed by atoms with E-state index in [1.807, 2.05) is 0 Å². The molecule has 0 amide bonds. The van der Waals surface area contributed by atoms with Gasteiger partial charge in [0.15, 0.2) is 0 Å². The zero-order valence-electron chi connectivity index (χ0n) is 8.12. The molecule has 1 aliphatic rings. The molecule has 1 aromatic rings. The van der Waals surface area contributed by atoms with Crippen LogP contribution in [0.4, 0.5) is 5.82 Å². The van der Waals surface area contributed by atoms with Crippen LogP contribution in [0.5, 0.6) is 0 Å². The van der Waals surface area contributed by atoms with Crippen LogP contribution >= 0.6 is 0 Å². The van der Waals surface area contributed by atoms with Gasteiger partial charge in [-0.3, -0.25) is 9.78 Å². The molecule has 0 radical (unpaired) electrons. The average Bonchev–Trinajstić information content (AvgIpc) is 2.13.